The van der Waals surface area contributed by atoms with Gasteiger partial charge in [0.25, 0.3) is 0 Å². The number of hydrogen-bond acceptors (Lipinski definition) is 5. The molecule has 0 atom stereocenters. The van der Waals surface area contributed by atoms with Gasteiger partial charge in [-0.15, -0.1) is 0 Å². The van der Waals surface area contributed by atoms with Gasteiger partial charge in [-0.1, -0.05) is 16.8 Å². The molecule has 7 nitrogen and oxygen atoms in total. The van der Waals surface area contributed by atoms with Crippen LogP contribution in [-0.2, 0) is 16.0 Å². The lowest BCUT2D eigenvalue weighted by Crippen LogP contribution is -2.34. The Balaban J connectivity index is 1.49. The maximum Gasteiger partial charge on any atom is 0.311 e. The number of carboxylic acids is 1. The lowest BCUT2D eigenvalue weighted by atomic mass is 10.1. The fraction of sp³-hybridized carbons (Fsp3) is 0.375. The number of carbonyl (C=O) groups excluding carboxylic acids is 1. The molecule has 1 aromatic carbocycles. The lowest BCUT2D eigenvalue weighted by molar-refractivity contribution is -0.143. The van der Waals surface area contributed by atoms with Gasteiger partial charge in [-0.25, -0.2) is 0 Å². The van der Waals surface area contributed by atoms with Crippen molar-refractivity contribution in [2.45, 2.75) is 25.7 Å². The number of benzene rings is 1. The van der Waals surface area contributed by atoms with E-state index in [1.807, 2.05) is 0 Å². The SMILES string of the molecule is O=C(CCc1nc(-c2ccc(Cl)cc2)no1)NCC1(C(=O)O)CC1. The third kappa shape index (κ3) is 3.73. The number of aryl methyl sites for hydroxylation is 1. The van der Waals surface area contributed by atoms with E-state index in [0.717, 1.165) is 5.56 Å². The van der Waals surface area contributed by atoms with E-state index in [4.69, 9.17) is 21.2 Å². The van der Waals surface area contributed by atoms with Crippen LogP contribution in [0, 0.1) is 5.41 Å². The van der Waals surface area contributed by atoms with E-state index < -0.39 is 11.4 Å². The van der Waals surface area contributed by atoms with E-state index in [1.54, 1.807) is 24.3 Å². The van der Waals surface area contributed by atoms with Crippen molar-refractivity contribution in [1.29, 1.82) is 0 Å². The average Bonchev–Trinajstić information content (AvgIpc) is 3.23. The highest BCUT2D eigenvalue weighted by Crippen LogP contribution is 2.45. The summed E-state index contributed by atoms with van der Waals surface area (Å²) in [4.78, 5) is 27.1. The summed E-state index contributed by atoms with van der Waals surface area (Å²) >= 11 is 5.83. The average molecular weight is 350 g/mol. The molecule has 1 heterocycles. The molecule has 126 valence electrons. The van der Waals surface area contributed by atoms with Gasteiger partial charge in [0.05, 0.1) is 5.41 Å². The second-order valence-corrected chi connectivity index (χ2v) is 6.32. The number of carboxylic acid groups (broad SMARTS) is 1. The third-order valence-electron chi connectivity index (χ3n) is 4.07. The second-order valence-electron chi connectivity index (χ2n) is 5.88. The number of rotatable bonds is 7. The first-order chi connectivity index (χ1) is 11.5. The number of hydrogen-bond donors (Lipinski definition) is 2. The van der Waals surface area contributed by atoms with Crippen molar-refractivity contribution in [2.75, 3.05) is 6.54 Å². The molecule has 0 radical (unpaired) electrons. The van der Waals surface area contributed by atoms with Crippen LogP contribution in [0.3, 0.4) is 0 Å². The molecule has 1 saturated carbocycles. The van der Waals surface area contributed by atoms with Crippen molar-refractivity contribution in [3.05, 3.63) is 35.2 Å². The molecule has 1 amide bonds. The third-order valence-corrected chi connectivity index (χ3v) is 4.32. The van der Waals surface area contributed by atoms with Crippen LogP contribution >= 0.6 is 11.6 Å². The van der Waals surface area contributed by atoms with Gasteiger partial charge in [0.15, 0.2) is 0 Å². The van der Waals surface area contributed by atoms with Gasteiger partial charge in [0.1, 0.15) is 0 Å². The van der Waals surface area contributed by atoms with E-state index in [-0.39, 0.29) is 18.9 Å². The predicted molar refractivity (Wildman–Crippen MR) is 85.4 cm³/mol. The maximum atomic E-state index is 11.8. The zero-order valence-corrected chi connectivity index (χ0v) is 13.5. The summed E-state index contributed by atoms with van der Waals surface area (Å²) in [5, 5.41) is 16.2. The van der Waals surface area contributed by atoms with Crippen LogP contribution in [0.25, 0.3) is 11.4 Å². The summed E-state index contributed by atoms with van der Waals surface area (Å²) < 4.78 is 5.13. The maximum absolute atomic E-state index is 11.8. The number of aliphatic carboxylic acids is 1. The summed E-state index contributed by atoms with van der Waals surface area (Å²) in [6.07, 6.45) is 1.68. The fourth-order valence-electron chi connectivity index (χ4n) is 2.27. The molecule has 1 aliphatic rings. The lowest BCUT2D eigenvalue weighted by Gasteiger charge is -2.10. The molecule has 0 unspecified atom stereocenters. The molecule has 0 saturated heterocycles. The molecule has 2 N–H and O–H groups in total. The molecule has 8 heteroatoms. The van der Waals surface area contributed by atoms with Crippen LogP contribution in [0.15, 0.2) is 28.8 Å². The number of carbonyl (C=O) groups is 2. The fourth-order valence-corrected chi connectivity index (χ4v) is 2.39. The van der Waals surface area contributed by atoms with Crippen LogP contribution in [0.5, 0.6) is 0 Å². The monoisotopic (exact) mass is 349 g/mol. The molecular weight excluding hydrogens is 334 g/mol. The molecule has 0 bridgehead atoms. The van der Waals surface area contributed by atoms with E-state index in [0.29, 0.717) is 36.0 Å². The van der Waals surface area contributed by atoms with Crippen molar-refractivity contribution in [1.82, 2.24) is 15.5 Å². The van der Waals surface area contributed by atoms with Crippen LogP contribution in [0.4, 0.5) is 0 Å². The first kappa shape index (κ1) is 16.4. The zero-order chi connectivity index (χ0) is 17.2. The number of nitrogens with zero attached hydrogens (tertiary/aromatic N) is 2. The minimum Gasteiger partial charge on any atom is -0.481 e. The molecule has 2 aromatic rings. The number of amides is 1. The zero-order valence-electron chi connectivity index (χ0n) is 12.8. The van der Waals surface area contributed by atoms with Gasteiger partial charge in [-0.2, -0.15) is 4.98 Å². The van der Waals surface area contributed by atoms with Gasteiger partial charge in [0, 0.05) is 30.0 Å². The van der Waals surface area contributed by atoms with Gasteiger partial charge in [-0.3, -0.25) is 9.59 Å². The Morgan fingerprint density at radius 3 is 2.62 bits per heavy atom. The first-order valence-electron chi connectivity index (χ1n) is 7.57. The largest absolute Gasteiger partial charge is 0.481 e. The van der Waals surface area contributed by atoms with Gasteiger partial charge in [0.2, 0.25) is 17.6 Å². The van der Waals surface area contributed by atoms with E-state index in [9.17, 15) is 9.59 Å². The Kier molecular flexibility index (Phi) is 4.53. The topological polar surface area (TPSA) is 105 Å². The molecule has 1 aliphatic carbocycles. The molecule has 24 heavy (non-hydrogen) atoms. The van der Waals surface area contributed by atoms with Crippen LogP contribution < -0.4 is 5.32 Å². The van der Waals surface area contributed by atoms with Gasteiger partial charge < -0.3 is 14.9 Å². The molecule has 1 fully saturated rings. The van der Waals surface area contributed by atoms with Crippen molar-refractivity contribution >= 4 is 23.5 Å². The van der Waals surface area contributed by atoms with Crippen LogP contribution in [0.2, 0.25) is 5.02 Å². The highest BCUT2D eigenvalue weighted by atomic mass is 35.5. The molecular formula is C16H16ClN3O4. The smallest absolute Gasteiger partial charge is 0.311 e. The quantitative estimate of drug-likeness (QED) is 0.794. The van der Waals surface area contributed by atoms with Gasteiger partial charge >= 0.3 is 5.97 Å². The van der Waals surface area contributed by atoms with Gasteiger partial charge in [-0.05, 0) is 37.1 Å². The van der Waals surface area contributed by atoms with E-state index >= 15 is 0 Å². The molecule has 0 aliphatic heterocycles. The Hall–Kier alpha value is -2.41. The minimum absolute atomic E-state index is 0.165. The Morgan fingerprint density at radius 2 is 2.00 bits per heavy atom. The molecule has 3 rings (SSSR count). The summed E-state index contributed by atoms with van der Waals surface area (Å²) in [5.74, 6) is -0.291. The van der Waals surface area contributed by atoms with Crippen molar-refractivity contribution in [2.24, 2.45) is 5.41 Å². The predicted octanol–water partition coefficient (Wildman–Crippen LogP) is 2.30. The number of halogens is 1. The minimum atomic E-state index is -0.854. The Morgan fingerprint density at radius 1 is 1.29 bits per heavy atom. The summed E-state index contributed by atoms with van der Waals surface area (Å²) in [7, 11) is 0. The molecule has 0 spiro atoms. The number of aromatic nitrogens is 2. The summed E-state index contributed by atoms with van der Waals surface area (Å²) in [5.41, 5.74) is 0.0121. The van der Waals surface area contributed by atoms with Crippen LogP contribution in [-0.4, -0.2) is 33.7 Å². The Bertz CT molecular complexity index is 753. The van der Waals surface area contributed by atoms with Crippen molar-refractivity contribution < 1.29 is 19.2 Å². The standard InChI is InChI=1S/C16H16ClN3O4/c17-11-3-1-10(2-4-11)14-19-13(24-20-14)6-5-12(21)18-9-16(7-8-16)15(22)23/h1-4H,5-9H2,(H,18,21)(H,22,23). The summed E-state index contributed by atoms with van der Waals surface area (Å²) in [6, 6.07) is 7.03. The second kappa shape index (κ2) is 6.60. The van der Waals surface area contributed by atoms with Crippen molar-refractivity contribution in [3.8, 4) is 11.4 Å². The highest BCUT2D eigenvalue weighted by Gasteiger charge is 2.50. The summed E-state index contributed by atoms with van der Waals surface area (Å²) in [6.45, 7) is 0.168. The van der Waals surface area contributed by atoms with Crippen LogP contribution in [0.1, 0.15) is 25.2 Å². The first-order valence-corrected chi connectivity index (χ1v) is 7.95. The number of nitrogens with one attached hydrogen (secondary N) is 1. The Labute approximate surface area is 143 Å². The normalized spacial score (nSPS) is 15.0. The van der Waals surface area contributed by atoms with E-state index in [1.165, 1.54) is 0 Å². The highest BCUT2D eigenvalue weighted by molar-refractivity contribution is 6.30. The molecule has 1 aromatic heterocycles. The van der Waals surface area contributed by atoms with E-state index in [2.05, 4.69) is 15.5 Å². The van der Waals surface area contributed by atoms with Crippen molar-refractivity contribution in [3.63, 3.8) is 0 Å².